The Kier molecular flexibility index (Phi) is 4.95. The van der Waals surface area contributed by atoms with Crippen molar-refractivity contribution in [3.63, 3.8) is 0 Å². The first-order valence-electron chi connectivity index (χ1n) is 6.61. The molecule has 1 saturated heterocycles. The molecule has 100 valence electrons. The molecule has 0 aromatic rings. The largest absolute Gasteiger partial charge is 0.392 e. The Labute approximate surface area is 104 Å². The molecule has 3 N–H and O–H groups in total. The Balaban J connectivity index is 2.53. The van der Waals surface area contributed by atoms with Crippen molar-refractivity contribution in [3.8, 4) is 0 Å². The molecule has 2 unspecified atom stereocenters. The molecule has 1 aliphatic heterocycles. The minimum Gasteiger partial charge on any atom is -0.392 e. The number of carbonyl (C=O) groups excluding carboxylic acids is 1. The van der Waals surface area contributed by atoms with Gasteiger partial charge in [0.2, 0.25) is 5.91 Å². The fraction of sp³-hybridized carbons (Fsp3) is 0.923. The molecule has 0 saturated carbocycles. The molecule has 4 heteroatoms. The summed E-state index contributed by atoms with van der Waals surface area (Å²) in [5.41, 5.74) is 5.68. The minimum absolute atomic E-state index is 0.0402. The predicted octanol–water partition coefficient (Wildman–Crippen LogP) is 1.12. The van der Waals surface area contributed by atoms with E-state index in [0.717, 1.165) is 19.3 Å². The molecule has 2 atom stereocenters. The van der Waals surface area contributed by atoms with E-state index in [2.05, 4.69) is 6.92 Å². The highest BCUT2D eigenvalue weighted by molar-refractivity contribution is 5.81. The zero-order valence-electron chi connectivity index (χ0n) is 11.3. The fourth-order valence-corrected chi connectivity index (χ4v) is 2.32. The van der Waals surface area contributed by atoms with Gasteiger partial charge in [-0.2, -0.15) is 0 Å². The number of aliphatic hydroxyl groups excluding tert-OH is 1. The quantitative estimate of drug-likeness (QED) is 0.776. The summed E-state index contributed by atoms with van der Waals surface area (Å²) in [6.07, 6.45) is 3.14. The standard InChI is InChI=1S/C13H26N2O2/c1-4-5-6-10(14)12(17)15-8-7-11(16)13(2,3)9-15/h10-11,16H,4-9,14H2,1-3H3. The average Bonchev–Trinajstić information content (AvgIpc) is 2.28. The molecular weight excluding hydrogens is 216 g/mol. The lowest BCUT2D eigenvalue weighted by molar-refractivity contribution is -0.139. The van der Waals surface area contributed by atoms with E-state index in [1.54, 1.807) is 0 Å². The van der Waals surface area contributed by atoms with Gasteiger partial charge in [-0.05, 0) is 12.8 Å². The molecule has 1 fully saturated rings. The molecule has 1 heterocycles. The lowest BCUT2D eigenvalue weighted by Crippen LogP contribution is -2.54. The van der Waals surface area contributed by atoms with Gasteiger partial charge in [-0.1, -0.05) is 33.6 Å². The van der Waals surface area contributed by atoms with E-state index in [9.17, 15) is 9.90 Å². The van der Waals surface area contributed by atoms with Crippen molar-refractivity contribution in [3.05, 3.63) is 0 Å². The van der Waals surface area contributed by atoms with Gasteiger partial charge < -0.3 is 15.7 Å². The molecular formula is C13H26N2O2. The zero-order valence-corrected chi connectivity index (χ0v) is 11.3. The van der Waals surface area contributed by atoms with Crippen molar-refractivity contribution in [2.24, 2.45) is 11.1 Å². The number of rotatable bonds is 4. The highest BCUT2D eigenvalue weighted by Gasteiger charge is 2.37. The smallest absolute Gasteiger partial charge is 0.239 e. The number of hydrogen-bond acceptors (Lipinski definition) is 3. The first kappa shape index (κ1) is 14.5. The highest BCUT2D eigenvalue weighted by atomic mass is 16.3. The maximum absolute atomic E-state index is 12.1. The second-order valence-corrected chi connectivity index (χ2v) is 5.80. The van der Waals surface area contributed by atoms with E-state index in [1.807, 2.05) is 18.7 Å². The summed E-state index contributed by atoms with van der Waals surface area (Å²) < 4.78 is 0. The number of nitrogens with two attached hydrogens (primary N) is 1. The van der Waals surface area contributed by atoms with Crippen molar-refractivity contribution in [1.82, 2.24) is 4.90 Å². The summed E-state index contributed by atoms with van der Waals surface area (Å²) in [4.78, 5) is 13.9. The Morgan fingerprint density at radius 3 is 2.76 bits per heavy atom. The van der Waals surface area contributed by atoms with Crippen molar-refractivity contribution in [2.75, 3.05) is 13.1 Å². The Bertz CT molecular complexity index is 266. The van der Waals surface area contributed by atoms with Crippen LogP contribution in [0.2, 0.25) is 0 Å². The third-order valence-corrected chi connectivity index (χ3v) is 3.67. The fourth-order valence-electron chi connectivity index (χ4n) is 2.32. The topological polar surface area (TPSA) is 66.6 Å². The van der Waals surface area contributed by atoms with Gasteiger partial charge in [0.1, 0.15) is 0 Å². The molecule has 0 aliphatic carbocycles. The molecule has 1 amide bonds. The van der Waals surface area contributed by atoms with Crippen LogP contribution in [0.3, 0.4) is 0 Å². The van der Waals surface area contributed by atoms with Gasteiger partial charge in [-0.25, -0.2) is 0 Å². The Morgan fingerprint density at radius 1 is 1.59 bits per heavy atom. The predicted molar refractivity (Wildman–Crippen MR) is 68.5 cm³/mol. The van der Waals surface area contributed by atoms with Crippen LogP contribution in [0.5, 0.6) is 0 Å². The number of aliphatic hydroxyl groups is 1. The van der Waals surface area contributed by atoms with Crippen LogP contribution < -0.4 is 5.73 Å². The summed E-state index contributed by atoms with van der Waals surface area (Å²) in [5.74, 6) is 0.0402. The lowest BCUT2D eigenvalue weighted by Gasteiger charge is -2.42. The lowest BCUT2D eigenvalue weighted by atomic mass is 9.81. The van der Waals surface area contributed by atoms with Gasteiger partial charge in [0.25, 0.3) is 0 Å². The maximum atomic E-state index is 12.1. The van der Waals surface area contributed by atoms with Crippen LogP contribution in [-0.4, -0.2) is 41.1 Å². The first-order valence-corrected chi connectivity index (χ1v) is 6.61. The average molecular weight is 242 g/mol. The van der Waals surface area contributed by atoms with Crippen molar-refractivity contribution in [1.29, 1.82) is 0 Å². The SMILES string of the molecule is CCCCC(N)C(=O)N1CCC(O)C(C)(C)C1. The van der Waals surface area contributed by atoms with Crippen LogP contribution in [0.1, 0.15) is 46.5 Å². The van der Waals surface area contributed by atoms with Gasteiger partial charge in [0, 0.05) is 18.5 Å². The van der Waals surface area contributed by atoms with Crippen molar-refractivity contribution in [2.45, 2.75) is 58.6 Å². The van der Waals surface area contributed by atoms with Crippen LogP contribution in [0, 0.1) is 5.41 Å². The second kappa shape index (κ2) is 5.83. The molecule has 4 nitrogen and oxygen atoms in total. The Morgan fingerprint density at radius 2 is 2.24 bits per heavy atom. The number of nitrogens with zero attached hydrogens (tertiary/aromatic N) is 1. The van der Waals surface area contributed by atoms with E-state index in [4.69, 9.17) is 5.73 Å². The summed E-state index contributed by atoms with van der Waals surface area (Å²) in [6, 6.07) is -0.374. The molecule has 0 aromatic carbocycles. The van der Waals surface area contributed by atoms with Crippen LogP contribution in [0.25, 0.3) is 0 Å². The Hall–Kier alpha value is -0.610. The summed E-state index contributed by atoms with van der Waals surface area (Å²) in [5, 5.41) is 9.85. The maximum Gasteiger partial charge on any atom is 0.239 e. The molecule has 1 aliphatic rings. The number of amides is 1. The van der Waals surface area contributed by atoms with E-state index >= 15 is 0 Å². The van der Waals surface area contributed by atoms with Crippen LogP contribution in [-0.2, 0) is 4.79 Å². The third-order valence-electron chi connectivity index (χ3n) is 3.67. The summed E-state index contributed by atoms with van der Waals surface area (Å²) >= 11 is 0. The molecule has 0 radical (unpaired) electrons. The van der Waals surface area contributed by atoms with Gasteiger partial charge in [0.05, 0.1) is 12.1 Å². The molecule has 0 bridgehead atoms. The van der Waals surface area contributed by atoms with Crippen LogP contribution >= 0.6 is 0 Å². The molecule has 17 heavy (non-hydrogen) atoms. The third kappa shape index (κ3) is 3.68. The van der Waals surface area contributed by atoms with Gasteiger partial charge in [-0.15, -0.1) is 0 Å². The van der Waals surface area contributed by atoms with E-state index < -0.39 is 0 Å². The van der Waals surface area contributed by atoms with E-state index in [1.165, 1.54) is 0 Å². The normalized spacial score (nSPS) is 25.7. The molecule has 1 rings (SSSR count). The number of unbranched alkanes of at least 4 members (excludes halogenated alkanes) is 1. The number of carbonyl (C=O) groups is 1. The summed E-state index contributed by atoms with van der Waals surface area (Å²) in [7, 11) is 0. The first-order chi connectivity index (χ1) is 7.88. The van der Waals surface area contributed by atoms with E-state index in [0.29, 0.717) is 19.5 Å². The van der Waals surface area contributed by atoms with Crippen LogP contribution in [0.4, 0.5) is 0 Å². The number of piperidine rings is 1. The van der Waals surface area contributed by atoms with Gasteiger partial charge in [0.15, 0.2) is 0 Å². The molecule has 0 aromatic heterocycles. The second-order valence-electron chi connectivity index (χ2n) is 5.80. The van der Waals surface area contributed by atoms with Gasteiger partial charge in [-0.3, -0.25) is 4.79 Å². The van der Waals surface area contributed by atoms with Gasteiger partial charge >= 0.3 is 0 Å². The number of hydrogen-bond donors (Lipinski definition) is 2. The van der Waals surface area contributed by atoms with Crippen molar-refractivity contribution >= 4 is 5.91 Å². The summed E-state index contributed by atoms with van der Waals surface area (Å²) in [6.45, 7) is 7.32. The zero-order chi connectivity index (χ0) is 13.1. The highest BCUT2D eigenvalue weighted by Crippen LogP contribution is 2.29. The van der Waals surface area contributed by atoms with Crippen LogP contribution in [0.15, 0.2) is 0 Å². The molecule has 0 spiro atoms. The van der Waals surface area contributed by atoms with Crippen molar-refractivity contribution < 1.29 is 9.90 Å². The minimum atomic E-state index is -0.374. The monoisotopic (exact) mass is 242 g/mol. The van der Waals surface area contributed by atoms with E-state index in [-0.39, 0.29) is 23.5 Å². The number of likely N-dealkylation sites (tertiary alicyclic amines) is 1.